The molecule has 0 N–H and O–H groups in total. The molecule has 2 aromatic rings. The van der Waals surface area contributed by atoms with Gasteiger partial charge in [0.05, 0.1) is 18.6 Å². The summed E-state index contributed by atoms with van der Waals surface area (Å²) in [6, 6.07) is 6.66. The molecule has 122 valence electrons. The number of aromatic nitrogens is 1. The van der Waals surface area contributed by atoms with Gasteiger partial charge in [-0.3, -0.25) is 9.88 Å². The SMILES string of the molecule is c1cncc(C[C@H]2[C@@H](OCC3CC3)CCN2Cc2ccoc2)c1. The van der Waals surface area contributed by atoms with Crippen molar-refractivity contribution >= 4 is 0 Å². The molecule has 1 saturated heterocycles. The molecule has 4 nitrogen and oxygen atoms in total. The Balaban J connectivity index is 1.45. The maximum Gasteiger partial charge on any atom is 0.0947 e. The lowest BCUT2D eigenvalue weighted by Gasteiger charge is -2.28. The van der Waals surface area contributed by atoms with Crippen LogP contribution in [-0.2, 0) is 17.7 Å². The van der Waals surface area contributed by atoms with E-state index < -0.39 is 0 Å². The third-order valence-electron chi connectivity index (χ3n) is 4.98. The van der Waals surface area contributed by atoms with Crippen molar-refractivity contribution in [3.8, 4) is 0 Å². The van der Waals surface area contributed by atoms with Gasteiger partial charge in [-0.25, -0.2) is 0 Å². The van der Waals surface area contributed by atoms with Gasteiger partial charge in [0.25, 0.3) is 0 Å². The minimum Gasteiger partial charge on any atom is -0.472 e. The first-order chi connectivity index (χ1) is 11.4. The second-order valence-electron chi connectivity index (χ2n) is 6.84. The Morgan fingerprint density at radius 2 is 2.17 bits per heavy atom. The van der Waals surface area contributed by atoms with E-state index in [9.17, 15) is 0 Å². The first-order valence-corrected chi connectivity index (χ1v) is 8.64. The van der Waals surface area contributed by atoms with E-state index in [4.69, 9.17) is 9.15 Å². The predicted octanol–water partition coefficient (Wildman–Crippen LogP) is 3.29. The summed E-state index contributed by atoms with van der Waals surface area (Å²) in [5.74, 6) is 0.817. The Morgan fingerprint density at radius 3 is 2.91 bits per heavy atom. The number of nitrogens with zero attached hydrogens (tertiary/aromatic N) is 2. The lowest BCUT2D eigenvalue weighted by Crippen LogP contribution is -2.38. The molecular formula is C19H24N2O2. The average Bonchev–Trinajstić information content (AvgIpc) is 3.13. The Labute approximate surface area is 137 Å². The van der Waals surface area contributed by atoms with Gasteiger partial charge in [-0.2, -0.15) is 0 Å². The maximum absolute atomic E-state index is 6.28. The molecule has 0 amide bonds. The molecule has 23 heavy (non-hydrogen) atoms. The topological polar surface area (TPSA) is 38.5 Å². The van der Waals surface area contributed by atoms with E-state index in [2.05, 4.69) is 22.0 Å². The molecule has 0 spiro atoms. The van der Waals surface area contributed by atoms with Crippen molar-refractivity contribution in [3.63, 3.8) is 0 Å². The summed E-state index contributed by atoms with van der Waals surface area (Å²) in [5, 5.41) is 0. The second kappa shape index (κ2) is 6.85. The molecule has 0 bridgehead atoms. The zero-order chi connectivity index (χ0) is 15.5. The zero-order valence-electron chi connectivity index (χ0n) is 13.4. The van der Waals surface area contributed by atoms with Gasteiger partial charge in [0, 0.05) is 43.7 Å². The Morgan fingerprint density at radius 1 is 1.22 bits per heavy atom. The molecule has 4 heteroatoms. The average molecular weight is 312 g/mol. The lowest BCUT2D eigenvalue weighted by atomic mass is 10.0. The zero-order valence-corrected chi connectivity index (χ0v) is 13.4. The number of rotatable bonds is 7. The summed E-state index contributed by atoms with van der Waals surface area (Å²) >= 11 is 0. The van der Waals surface area contributed by atoms with Crippen molar-refractivity contribution in [1.82, 2.24) is 9.88 Å². The van der Waals surface area contributed by atoms with Crippen LogP contribution in [0.5, 0.6) is 0 Å². The van der Waals surface area contributed by atoms with E-state index in [1.807, 2.05) is 24.7 Å². The van der Waals surface area contributed by atoms with E-state index >= 15 is 0 Å². The number of furan rings is 1. The molecule has 0 radical (unpaired) electrons. The van der Waals surface area contributed by atoms with Crippen molar-refractivity contribution in [2.45, 2.75) is 44.4 Å². The van der Waals surface area contributed by atoms with Crippen LogP contribution >= 0.6 is 0 Å². The van der Waals surface area contributed by atoms with Crippen molar-refractivity contribution < 1.29 is 9.15 Å². The van der Waals surface area contributed by atoms with Crippen LogP contribution in [0, 0.1) is 5.92 Å². The molecule has 4 rings (SSSR count). The van der Waals surface area contributed by atoms with Gasteiger partial charge in [-0.05, 0) is 49.3 Å². The monoisotopic (exact) mass is 312 g/mol. The molecule has 2 aliphatic rings. The fraction of sp³-hybridized carbons (Fsp3) is 0.526. The van der Waals surface area contributed by atoms with Gasteiger partial charge < -0.3 is 9.15 Å². The molecule has 1 aliphatic heterocycles. The molecule has 2 atom stereocenters. The van der Waals surface area contributed by atoms with Gasteiger partial charge in [0.15, 0.2) is 0 Å². The Bertz CT molecular complexity index is 595. The van der Waals surface area contributed by atoms with Gasteiger partial charge in [-0.15, -0.1) is 0 Å². The largest absolute Gasteiger partial charge is 0.472 e. The number of pyridine rings is 1. The predicted molar refractivity (Wildman–Crippen MR) is 87.9 cm³/mol. The van der Waals surface area contributed by atoms with Crippen LogP contribution in [0.25, 0.3) is 0 Å². The standard InChI is InChI=1S/C19H24N2O2/c1-2-16(11-20-7-1)10-18-19(23-14-15-3-4-15)5-8-21(18)12-17-6-9-22-13-17/h1-2,6-7,9,11,13,15,18-19H,3-5,8,10,12,14H2/t18-,19-/m0/s1. The Kier molecular flexibility index (Phi) is 4.44. The summed E-state index contributed by atoms with van der Waals surface area (Å²) in [5.41, 5.74) is 2.53. The summed E-state index contributed by atoms with van der Waals surface area (Å²) in [6.07, 6.45) is 12.6. The normalized spacial score (nSPS) is 25.0. The summed E-state index contributed by atoms with van der Waals surface area (Å²) in [6.45, 7) is 2.96. The van der Waals surface area contributed by atoms with Crippen molar-refractivity contribution in [2.75, 3.05) is 13.2 Å². The molecule has 1 aliphatic carbocycles. The van der Waals surface area contributed by atoms with E-state index in [0.717, 1.165) is 38.5 Å². The molecular weight excluding hydrogens is 288 g/mol. The molecule has 0 aromatic carbocycles. The molecule has 3 heterocycles. The fourth-order valence-electron chi connectivity index (χ4n) is 3.46. The number of likely N-dealkylation sites (tertiary alicyclic amines) is 1. The van der Waals surface area contributed by atoms with Crippen molar-refractivity contribution in [2.24, 2.45) is 5.92 Å². The quantitative estimate of drug-likeness (QED) is 0.786. The van der Waals surface area contributed by atoms with Crippen LogP contribution in [-0.4, -0.2) is 35.2 Å². The van der Waals surface area contributed by atoms with Crippen LogP contribution in [0.1, 0.15) is 30.4 Å². The molecule has 2 aromatic heterocycles. The molecule has 0 unspecified atom stereocenters. The Hall–Kier alpha value is -1.65. The highest BCUT2D eigenvalue weighted by Crippen LogP contribution is 2.32. The maximum atomic E-state index is 6.28. The molecule has 2 fully saturated rings. The summed E-state index contributed by atoms with van der Waals surface area (Å²) < 4.78 is 11.5. The second-order valence-corrected chi connectivity index (χ2v) is 6.84. The highest BCUT2D eigenvalue weighted by molar-refractivity contribution is 5.13. The van der Waals surface area contributed by atoms with E-state index in [0.29, 0.717) is 12.1 Å². The van der Waals surface area contributed by atoms with E-state index in [1.165, 1.54) is 24.0 Å². The summed E-state index contributed by atoms with van der Waals surface area (Å²) in [7, 11) is 0. The van der Waals surface area contributed by atoms with Crippen LogP contribution < -0.4 is 0 Å². The highest BCUT2D eigenvalue weighted by Gasteiger charge is 2.36. The smallest absolute Gasteiger partial charge is 0.0947 e. The first-order valence-electron chi connectivity index (χ1n) is 8.64. The van der Waals surface area contributed by atoms with Crippen LogP contribution in [0.4, 0.5) is 0 Å². The van der Waals surface area contributed by atoms with Gasteiger partial charge >= 0.3 is 0 Å². The lowest BCUT2D eigenvalue weighted by molar-refractivity contribution is 0.0196. The summed E-state index contributed by atoms with van der Waals surface area (Å²) in [4.78, 5) is 6.80. The minimum absolute atomic E-state index is 0.336. The van der Waals surface area contributed by atoms with E-state index in [1.54, 1.807) is 6.26 Å². The van der Waals surface area contributed by atoms with Gasteiger partial charge in [-0.1, -0.05) is 6.07 Å². The third-order valence-corrected chi connectivity index (χ3v) is 4.98. The highest BCUT2D eigenvalue weighted by atomic mass is 16.5. The number of hydrogen-bond donors (Lipinski definition) is 0. The van der Waals surface area contributed by atoms with Crippen LogP contribution in [0.3, 0.4) is 0 Å². The van der Waals surface area contributed by atoms with Crippen molar-refractivity contribution in [1.29, 1.82) is 0 Å². The molecule has 1 saturated carbocycles. The first kappa shape index (κ1) is 14.9. The number of ether oxygens (including phenoxy) is 1. The minimum atomic E-state index is 0.336. The third kappa shape index (κ3) is 3.82. The van der Waals surface area contributed by atoms with Crippen LogP contribution in [0.2, 0.25) is 0 Å². The van der Waals surface area contributed by atoms with Crippen LogP contribution in [0.15, 0.2) is 47.5 Å². The van der Waals surface area contributed by atoms with Crippen molar-refractivity contribution in [3.05, 3.63) is 54.2 Å². The van der Waals surface area contributed by atoms with Gasteiger partial charge in [0.2, 0.25) is 0 Å². The number of hydrogen-bond acceptors (Lipinski definition) is 4. The van der Waals surface area contributed by atoms with E-state index in [-0.39, 0.29) is 0 Å². The fourth-order valence-corrected chi connectivity index (χ4v) is 3.46. The van der Waals surface area contributed by atoms with Gasteiger partial charge in [0.1, 0.15) is 0 Å².